The topological polar surface area (TPSA) is 57.5 Å². The lowest BCUT2D eigenvalue weighted by Gasteiger charge is -2.29. The van der Waals surface area contributed by atoms with Crippen molar-refractivity contribution >= 4 is 9.63 Å². The molecule has 4 heteroatoms. The molecule has 0 aliphatic rings. The zero-order valence-electron chi connectivity index (χ0n) is 7.80. The van der Waals surface area contributed by atoms with Crippen LogP contribution >= 0.6 is 0 Å². The summed E-state index contributed by atoms with van der Waals surface area (Å²) in [6.07, 6.45) is 1.25. The predicted molar refractivity (Wildman–Crippen MR) is 58.6 cm³/mol. The Hall–Kier alpha value is -0.970. The Morgan fingerprint density at radius 3 is 2.36 bits per heavy atom. The number of hydrogen-bond acceptors (Lipinski definition) is 1. The summed E-state index contributed by atoms with van der Waals surface area (Å²) in [5.74, 6) is -0.545. The van der Waals surface area contributed by atoms with E-state index >= 15 is 0 Å². The van der Waals surface area contributed by atoms with Crippen LogP contribution in [-0.4, -0.2) is 19.1 Å². The molecule has 1 rings (SSSR count). The van der Waals surface area contributed by atoms with Gasteiger partial charge in [0, 0.05) is 0 Å². The molecule has 0 amide bonds. The molecule has 0 atom stereocenters. The highest BCUT2D eigenvalue weighted by Gasteiger charge is 2.28. The van der Waals surface area contributed by atoms with Gasteiger partial charge in [0.2, 0.25) is 0 Å². The Kier molecular flexibility index (Phi) is 2.89. The fourth-order valence-electron chi connectivity index (χ4n) is 1.20. The second-order valence-corrected chi connectivity index (χ2v) is 6.27. The van der Waals surface area contributed by atoms with Gasteiger partial charge in [0.25, 0.3) is 0 Å². The van der Waals surface area contributed by atoms with Crippen molar-refractivity contribution < 1.29 is 13.3 Å². The second kappa shape index (κ2) is 3.65. The van der Waals surface area contributed by atoms with Gasteiger partial charge < -0.3 is 9.11 Å². The largest absolute Gasteiger partial charge is 0.307 e. The highest BCUT2D eigenvalue weighted by molar-refractivity contribution is 8.09. The average Bonchev–Trinajstić information content (AvgIpc) is 2.03. The molecule has 78 valence electrons. The van der Waals surface area contributed by atoms with Gasteiger partial charge in [0.05, 0.1) is 21.1 Å². The lowest BCUT2D eigenvalue weighted by molar-refractivity contribution is 0.392. The summed E-state index contributed by atoms with van der Waals surface area (Å²) in [5.41, 5.74) is 0.636. The molecule has 3 nitrogen and oxygen atoms in total. The summed E-state index contributed by atoms with van der Waals surface area (Å²) in [4.78, 5) is 0. The summed E-state index contributed by atoms with van der Waals surface area (Å²) in [6, 6.07) is 8.72. The van der Waals surface area contributed by atoms with Crippen molar-refractivity contribution in [3.63, 3.8) is 0 Å². The standard InChI is InChI=1S/C10H14O3S/c1-2-8-14(11,12,13)9-10-6-4-3-5-7-10/h2-7H,1,8-9H2,(H2,11,12,13). The third-order valence-corrected chi connectivity index (χ3v) is 3.57. The third kappa shape index (κ3) is 3.41. The molecular weight excluding hydrogens is 200 g/mol. The minimum atomic E-state index is -4.53. The van der Waals surface area contributed by atoms with Gasteiger partial charge in [-0.05, 0) is 5.56 Å². The van der Waals surface area contributed by atoms with Gasteiger partial charge in [-0.2, -0.15) is 0 Å². The molecule has 0 saturated heterocycles. The van der Waals surface area contributed by atoms with E-state index in [1.165, 1.54) is 6.08 Å². The molecule has 14 heavy (non-hydrogen) atoms. The van der Waals surface area contributed by atoms with E-state index in [1.807, 2.05) is 6.07 Å². The van der Waals surface area contributed by atoms with Crippen LogP contribution in [0.15, 0.2) is 43.0 Å². The van der Waals surface area contributed by atoms with Crippen molar-refractivity contribution in [2.24, 2.45) is 0 Å². The van der Waals surface area contributed by atoms with Gasteiger partial charge in [-0.1, -0.05) is 36.4 Å². The van der Waals surface area contributed by atoms with Gasteiger partial charge >= 0.3 is 0 Å². The van der Waals surface area contributed by atoms with Crippen molar-refractivity contribution in [2.75, 3.05) is 5.75 Å². The Labute approximate surface area is 83.5 Å². The van der Waals surface area contributed by atoms with Crippen LogP contribution in [0.2, 0.25) is 0 Å². The predicted octanol–water partition coefficient (Wildman–Crippen LogP) is 2.14. The van der Waals surface area contributed by atoms with Gasteiger partial charge in [0.15, 0.2) is 0 Å². The van der Waals surface area contributed by atoms with E-state index < -0.39 is 9.63 Å². The molecule has 1 aromatic rings. The van der Waals surface area contributed by atoms with Crippen molar-refractivity contribution in [3.8, 4) is 0 Å². The van der Waals surface area contributed by atoms with E-state index in [1.54, 1.807) is 24.3 Å². The first-order valence-corrected chi connectivity index (χ1v) is 6.41. The Balaban J connectivity index is 2.88. The number of rotatable bonds is 4. The maximum atomic E-state index is 11.6. The first kappa shape index (κ1) is 11.1. The second-order valence-electron chi connectivity index (χ2n) is 3.27. The lowest BCUT2D eigenvalue weighted by atomic mass is 10.2. The molecule has 0 saturated carbocycles. The average molecular weight is 214 g/mol. The van der Waals surface area contributed by atoms with Crippen LogP contribution in [0.4, 0.5) is 0 Å². The van der Waals surface area contributed by atoms with Gasteiger partial charge in [0.1, 0.15) is 0 Å². The van der Waals surface area contributed by atoms with Crippen LogP contribution in [0.1, 0.15) is 5.56 Å². The Morgan fingerprint density at radius 2 is 1.86 bits per heavy atom. The van der Waals surface area contributed by atoms with Crippen LogP contribution in [0.3, 0.4) is 0 Å². The van der Waals surface area contributed by atoms with Crippen molar-refractivity contribution in [1.82, 2.24) is 0 Å². The highest BCUT2D eigenvalue weighted by atomic mass is 32.3. The van der Waals surface area contributed by atoms with E-state index in [4.69, 9.17) is 0 Å². The summed E-state index contributed by atoms with van der Waals surface area (Å²) in [5, 5.41) is 0. The van der Waals surface area contributed by atoms with Crippen LogP contribution in [0.25, 0.3) is 0 Å². The molecule has 0 aliphatic carbocycles. The maximum absolute atomic E-state index is 11.6. The van der Waals surface area contributed by atoms with E-state index in [2.05, 4.69) is 6.58 Å². The molecule has 0 fully saturated rings. The van der Waals surface area contributed by atoms with Gasteiger partial charge in [-0.15, -0.1) is 6.58 Å². The van der Waals surface area contributed by atoms with Crippen LogP contribution < -0.4 is 0 Å². The molecule has 1 aromatic carbocycles. The molecule has 0 unspecified atom stereocenters. The van der Waals surface area contributed by atoms with E-state index in [0.29, 0.717) is 5.56 Å². The Morgan fingerprint density at radius 1 is 1.29 bits per heavy atom. The van der Waals surface area contributed by atoms with Gasteiger partial charge in [-0.3, -0.25) is 0 Å². The highest BCUT2D eigenvalue weighted by Crippen LogP contribution is 2.22. The molecule has 0 aliphatic heterocycles. The zero-order valence-corrected chi connectivity index (χ0v) is 8.61. The molecule has 2 N–H and O–H groups in total. The van der Waals surface area contributed by atoms with Crippen LogP contribution in [0.5, 0.6) is 0 Å². The summed E-state index contributed by atoms with van der Waals surface area (Å²) in [7, 11) is -4.53. The Bertz CT molecular complexity index is 378. The minimum Gasteiger partial charge on any atom is -0.307 e. The van der Waals surface area contributed by atoms with Crippen molar-refractivity contribution in [2.45, 2.75) is 5.75 Å². The normalized spacial score (nSPS) is 14.3. The van der Waals surface area contributed by atoms with E-state index in [-0.39, 0.29) is 11.5 Å². The van der Waals surface area contributed by atoms with Crippen molar-refractivity contribution in [1.29, 1.82) is 0 Å². The molecule has 0 spiro atoms. The fraction of sp³-hybridized carbons (Fsp3) is 0.200. The lowest BCUT2D eigenvalue weighted by Crippen LogP contribution is -2.36. The molecular formula is C10H14O3S. The molecule has 0 bridgehead atoms. The first-order chi connectivity index (χ1) is 6.41. The van der Waals surface area contributed by atoms with Gasteiger partial charge in [-0.25, -0.2) is 4.21 Å². The molecule has 0 radical (unpaired) electrons. The fourth-order valence-corrected chi connectivity index (χ4v) is 2.66. The first-order valence-electron chi connectivity index (χ1n) is 4.19. The summed E-state index contributed by atoms with van der Waals surface area (Å²) in [6.45, 7) is 3.34. The quantitative estimate of drug-likeness (QED) is 0.755. The SMILES string of the molecule is C=CCS(=O)(O)(O)Cc1ccccc1. The molecule has 0 heterocycles. The van der Waals surface area contributed by atoms with Crippen molar-refractivity contribution in [3.05, 3.63) is 48.6 Å². The molecule has 0 aromatic heterocycles. The summed E-state index contributed by atoms with van der Waals surface area (Å²) >= 11 is 0. The smallest absolute Gasteiger partial charge is 0.0900 e. The number of benzene rings is 1. The zero-order chi connectivity index (χ0) is 10.7. The maximum Gasteiger partial charge on any atom is 0.0900 e. The number of hydrogen-bond donors (Lipinski definition) is 2. The summed E-state index contributed by atoms with van der Waals surface area (Å²) < 4.78 is 30.5. The van der Waals surface area contributed by atoms with Crippen LogP contribution in [-0.2, 0) is 15.4 Å². The van der Waals surface area contributed by atoms with E-state index in [0.717, 1.165) is 0 Å². The minimum absolute atomic E-state index is 0.246. The van der Waals surface area contributed by atoms with Crippen LogP contribution in [0, 0.1) is 0 Å². The third-order valence-electron chi connectivity index (χ3n) is 1.75. The monoisotopic (exact) mass is 214 g/mol. The van der Waals surface area contributed by atoms with E-state index in [9.17, 15) is 13.3 Å².